The van der Waals surface area contributed by atoms with Crippen molar-refractivity contribution in [3.63, 3.8) is 0 Å². The molecular formula is C19H17ClN2O2S. The van der Waals surface area contributed by atoms with Gasteiger partial charge in [0.2, 0.25) is 0 Å². The van der Waals surface area contributed by atoms with Crippen LogP contribution in [0.5, 0.6) is 0 Å². The molecule has 6 heteroatoms. The van der Waals surface area contributed by atoms with E-state index in [9.17, 15) is 9.59 Å². The Morgan fingerprint density at radius 1 is 0.960 bits per heavy atom. The lowest BCUT2D eigenvalue weighted by molar-refractivity contribution is -0.120. The highest BCUT2D eigenvalue weighted by Crippen LogP contribution is 2.37. The normalized spacial score (nSPS) is 18.4. The van der Waals surface area contributed by atoms with Crippen molar-refractivity contribution < 1.29 is 9.59 Å². The van der Waals surface area contributed by atoms with Crippen LogP contribution in [0.2, 0.25) is 5.02 Å². The minimum absolute atomic E-state index is 0.252. The maximum Gasteiger partial charge on any atom is 0.282 e. The fourth-order valence-corrected chi connectivity index (χ4v) is 4.37. The summed E-state index contributed by atoms with van der Waals surface area (Å²) in [6, 6.07) is 10.7. The highest BCUT2D eigenvalue weighted by molar-refractivity contribution is 7.11. The Morgan fingerprint density at radius 2 is 1.76 bits per heavy atom. The van der Waals surface area contributed by atoms with Crippen molar-refractivity contribution in [1.82, 2.24) is 4.90 Å². The van der Waals surface area contributed by atoms with Crippen molar-refractivity contribution in [2.24, 2.45) is 0 Å². The van der Waals surface area contributed by atoms with Crippen LogP contribution in [0.25, 0.3) is 5.57 Å². The number of nitrogens with zero attached hydrogens (tertiary/aromatic N) is 2. The number of thiophene rings is 1. The number of imide groups is 1. The van der Waals surface area contributed by atoms with E-state index in [1.54, 1.807) is 24.3 Å². The molecule has 2 aliphatic rings. The van der Waals surface area contributed by atoms with Gasteiger partial charge in [-0.15, -0.1) is 11.3 Å². The van der Waals surface area contributed by atoms with Crippen LogP contribution in [0.4, 0.5) is 5.69 Å². The summed E-state index contributed by atoms with van der Waals surface area (Å²) < 4.78 is 0. The monoisotopic (exact) mass is 372 g/mol. The number of hydrogen-bond acceptors (Lipinski definition) is 4. The lowest BCUT2D eigenvalue weighted by atomic mass is 10.1. The third-order valence-corrected chi connectivity index (χ3v) is 5.69. The van der Waals surface area contributed by atoms with Gasteiger partial charge in [-0.1, -0.05) is 23.7 Å². The topological polar surface area (TPSA) is 40.6 Å². The summed E-state index contributed by atoms with van der Waals surface area (Å²) >= 11 is 7.55. The van der Waals surface area contributed by atoms with E-state index in [0.29, 0.717) is 22.0 Å². The Labute approximate surface area is 155 Å². The summed E-state index contributed by atoms with van der Waals surface area (Å²) in [5.41, 5.74) is 1.57. The first-order valence-corrected chi connectivity index (χ1v) is 9.60. The SMILES string of the molecule is O=C1C(c2cccs2)=C(N2CCCCC2)C(=O)N1c1cccc(Cl)c1. The minimum atomic E-state index is -0.268. The number of benzene rings is 1. The van der Waals surface area contributed by atoms with E-state index in [0.717, 1.165) is 37.2 Å². The van der Waals surface area contributed by atoms with Crippen LogP contribution in [0.3, 0.4) is 0 Å². The molecule has 1 aromatic carbocycles. The Bertz CT molecular complexity index is 854. The number of rotatable bonds is 3. The van der Waals surface area contributed by atoms with Gasteiger partial charge in [0, 0.05) is 23.0 Å². The number of carbonyl (C=O) groups is 2. The Balaban J connectivity index is 1.81. The Kier molecular flexibility index (Phi) is 4.36. The molecule has 1 saturated heterocycles. The second kappa shape index (κ2) is 6.65. The summed E-state index contributed by atoms with van der Waals surface area (Å²) in [5, 5.41) is 2.43. The van der Waals surface area contributed by atoms with Crippen LogP contribution in [0, 0.1) is 0 Å². The van der Waals surface area contributed by atoms with Gasteiger partial charge in [0.25, 0.3) is 11.8 Å². The molecule has 1 aromatic heterocycles. The van der Waals surface area contributed by atoms with Crippen LogP contribution in [0.1, 0.15) is 24.1 Å². The van der Waals surface area contributed by atoms with Crippen molar-refractivity contribution in [2.45, 2.75) is 19.3 Å². The first-order valence-electron chi connectivity index (χ1n) is 8.34. The molecule has 0 radical (unpaired) electrons. The van der Waals surface area contributed by atoms with Gasteiger partial charge >= 0.3 is 0 Å². The highest BCUT2D eigenvalue weighted by atomic mass is 35.5. The number of piperidine rings is 1. The van der Waals surface area contributed by atoms with Gasteiger partial charge in [0.15, 0.2) is 0 Å². The Morgan fingerprint density at radius 3 is 2.44 bits per heavy atom. The summed E-state index contributed by atoms with van der Waals surface area (Å²) in [4.78, 5) is 30.5. The standard InChI is InChI=1S/C19H17ClN2O2S/c20-13-6-4-7-14(12-13)22-18(23)16(15-8-5-11-25-15)17(19(22)24)21-9-2-1-3-10-21/h4-8,11-12H,1-3,9-10H2. The average Bonchev–Trinajstić information content (AvgIpc) is 3.22. The molecular weight excluding hydrogens is 356 g/mol. The summed E-state index contributed by atoms with van der Waals surface area (Å²) in [7, 11) is 0. The lowest BCUT2D eigenvalue weighted by Gasteiger charge is -2.29. The lowest BCUT2D eigenvalue weighted by Crippen LogP contribution is -2.37. The van der Waals surface area contributed by atoms with E-state index < -0.39 is 0 Å². The number of anilines is 1. The molecule has 128 valence electrons. The van der Waals surface area contributed by atoms with Crippen LogP contribution in [-0.2, 0) is 9.59 Å². The zero-order valence-corrected chi connectivity index (χ0v) is 15.1. The van der Waals surface area contributed by atoms with E-state index in [1.165, 1.54) is 16.2 Å². The molecule has 0 saturated carbocycles. The van der Waals surface area contributed by atoms with E-state index in [-0.39, 0.29) is 11.8 Å². The third-order valence-electron chi connectivity index (χ3n) is 4.57. The Hall–Kier alpha value is -2.11. The zero-order chi connectivity index (χ0) is 17.4. The first-order chi connectivity index (χ1) is 12.2. The third kappa shape index (κ3) is 2.87. The largest absolute Gasteiger partial charge is 0.366 e. The van der Waals surface area contributed by atoms with Crippen LogP contribution < -0.4 is 4.90 Å². The fourth-order valence-electron chi connectivity index (χ4n) is 3.42. The summed E-state index contributed by atoms with van der Waals surface area (Å²) in [6.07, 6.45) is 3.25. The van der Waals surface area contributed by atoms with Crippen molar-refractivity contribution in [2.75, 3.05) is 18.0 Å². The molecule has 3 heterocycles. The van der Waals surface area contributed by atoms with E-state index >= 15 is 0 Å². The quantitative estimate of drug-likeness (QED) is 0.759. The highest BCUT2D eigenvalue weighted by Gasteiger charge is 2.43. The molecule has 2 aliphatic heterocycles. The van der Waals surface area contributed by atoms with Crippen molar-refractivity contribution in [1.29, 1.82) is 0 Å². The molecule has 0 N–H and O–H groups in total. The molecule has 1 fully saturated rings. The van der Waals surface area contributed by atoms with Crippen molar-refractivity contribution >= 4 is 46.0 Å². The van der Waals surface area contributed by atoms with Crippen LogP contribution in [0.15, 0.2) is 47.5 Å². The first kappa shape index (κ1) is 16.4. The smallest absolute Gasteiger partial charge is 0.282 e. The predicted octanol–water partition coefficient (Wildman–Crippen LogP) is 4.17. The fraction of sp³-hybridized carbons (Fsp3) is 0.263. The zero-order valence-electron chi connectivity index (χ0n) is 13.6. The summed E-state index contributed by atoms with van der Waals surface area (Å²) in [5.74, 6) is -0.521. The number of hydrogen-bond donors (Lipinski definition) is 0. The summed E-state index contributed by atoms with van der Waals surface area (Å²) in [6.45, 7) is 1.62. The van der Waals surface area contributed by atoms with E-state index in [1.807, 2.05) is 17.5 Å². The maximum atomic E-state index is 13.2. The second-order valence-electron chi connectivity index (χ2n) is 6.17. The van der Waals surface area contributed by atoms with Gasteiger partial charge in [0.1, 0.15) is 5.70 Å². The van der Waals surface area contributed by atoms with Crippen molar-refractivity contribution in [3.8, 4) is 0 Å². The second-order valence-corrected chi connectivity index (χ2v) is 7.56. The number of halogens is 1. The molecule has 2 amide bonds. The van der Waals surface area contributed by atoms with Gasteiger partial charge in [-0.25, -0.2) is 4.90 Å². The molecule has 0 aliphatic carbocycles. The van der Waals surface area contributed by atoms with Gasteiger partial charge in [0.05, 0.1) is 11.3 Å². The average molecular weight is 373 g/mol. The molecule has 25 heavy (non-hydrogen) atoms. The van der Waals surface area contributed by atoms with Gasteiger partial charge in [-0.2, -0.15) is 0 Å². The van der Waals surface area contributed by atoms with Gasteiger partial charge in [-0.3, -0.25) is 9.59 Å². The number of likely N-dealkylation sites (tertiary alicyclic amines) is 1. The number of amides is 2. The molecule has 4 rings (SSSR count). The van der Waals surface area contributed by atoms with Crippen molar-refractivity contribution in [3.05, 3.63) is 57.4 Å². The molecule has 0 bridgehead atoms. The molecule has 0 atom stereocenters. The van der Waals surface area contributed by atoms with E-state index in [2.05, 4.69) is 4.90 Å². The van der Waals surface area contributed by atoms with Gasteiger partial charge in [-0.05, 0) is 48.9 Å². The maximum absolute atomic E-state index is 13.2. The molecule has 2 aromatic rings. The van der Waals surface area contributed by atoms with Gasteiger partial charge < -0.3 is 4.90 Å². The molecule has 0 unspecified atom stereocenters. The molecule has 0 spiro atoms. The van der Waals surface area contributed by atoms with Crippen LogP contribution >= 0.6 is 22.9 Å². The van der Waals surface area contributed by atoms with E-state index in [4.69, 9.17) is 11.6 Å². The predicted molar refractivity (Wildman–Crippen MR) is 101 cm³/mol. The number of carbonyl (C=O) groups excluding carboxylic acids is 2. The van der Waals surface area contributed by atoms with Crippen LogP contribution in [-0.4, -0.2) is 29.8 Å². The molecule has 4 nitrogen and oxygen atoms in total. The minimum Gasteiger partial charge on any atom is -0.366 e.